The van der Waals surface area contributed by atoms with E-state index in [1.54, 1.807) is 11.8 Å². The first-order chi connectivity index (χ1) is 11.2. The maximum atomic E-state index is 5.87. The van der Waals surface area contributed by atoms with E-state index in [4.69, 9.17) is 28.6 Å². The van der Waals surface area contributed by atoms with Crippen LogP contribution in [0, 0.1) is 0 Å². The largest absolute Gasteiger partial charge is 0.492 e. The number of piperazine rings is 1. The summed E-state index contributed by atoms with van der Waals surface area (Å²) in [5, 5.41) is 0.740. The second kappa shape index (κ2) is 8.53. The lowest BCUT2D eigenvalue weighted by molar-refractivity contribution is 0.0929. The molecule has 1 aromatic carbocycles. The molecule has 2 aliphatic heterocycles. The van der Waals surface area contributed by atoms with E-state index in [0.717, 1.165) is 66.8 Å². The van der Waals surface area contributed by atoms with Crippen molar-refractivity contribution in [3.05, 3.63) is 29.3 Å². The third-order valence-corrected chi connectivity index (χ3v) is 5.93. The average Bonchev–Trinajstić information content (AvgIpc) is 2.96. The van der Waals surface area contributed by atoms with Gasteiger partial charge < -0.3 is 9.64 Å². The number of thiocarbonyl (C=S) groups is 1. The highest BCUT2D eigenvalue weighted by Gasteiger charge is 2.22. The molecule has 0 atom stereocenters. The molecule has 0 saturated carbocycles. The van der Waals surface area contributed by atoms with Gasteiger partial charge >= 0.3 is 0 Å². The van der Waals surface area contributed by atoms with Crippen molar-refractivity contribution in [2.75, 3.05) is 58.3 Å². The molecule has 0 radical (unpaired) electrons. The van der Waals surface area contributed by atoms with Crippen molar-refractivity contribution >= 4 is 39.9 Å². The van der Waals surface area contributed by atoms with Crippen LogP contribution in [0.25, 0.3) is 0 Å². The minimum Gasteiger partial charge on any atom is -0.492 e. The van der Waals surface area contributed by atoms with E-state index < -0.39 is 0 Å². The van der Waals surface area contributed by atoms with Gasteiger partial charge in [0.2, 0.25) is 0 Å². The Morgan fingerprint density at radius 1 is 1.04 bits per heavy atom. The Bertz CT molecular complexity index is 521. The van der Waals surface area contributed by atoms with E-state index in [-0.39, 0.29) is 0 Å². The minimum atomic E-state index is 0.717. The van der Waals surface area contributed by atoms with Crippen LogP contribution in [0.2, 0.25) is 5.02 Å². The fraction of sp³-hybridized carbons (Fsp3) is 0.562. The Labute approximate surface area is 152 Å². The summed E-state index contributed by atoms with van der Waals surface area (Å²) in [6.07, 6.45) is 0. The number of hydrogen-bond donors (Lipinski definition) is 0. The van der Waals surface area contributed by atoms with Crippen LogP contribution in [-0.2, 0) is 0 Å². The number of rotatable bonds is 6. The molecule has 4 nitrogen and oxygen atoms in total. The summed E-state index contributed by atoms with van der Waals surface area (Å²) in [6, 6.07) is 7.54. The van der Waals surface area contributed by atoms with Gasteiger partial charge in [-0.2, -0.15) is 0 Å². The van der Waals surface area contributed by atoms with Gasteiger partial charge in [-0.3, -0.25) is 9.80 Å². The standard InChI is InChI=1S/C16H22ClN3OS2/c17-14-1-3-15(4-2-14)21-11-9-18-5-7-19(8-6-18)13-20-10-12-23-16(20)22/h1-4H,5-13H2. The van der Waals surface area contributed by atoms with Crippen LogP contribution < -0.4 is 4.74 Å². The topological polar surface area (TPSA) is 19.0 Å². The van der Waals surface area contributed by atoms with Gasteiger partial charge in [-0.25, -0.2) is 0 Å². The van der Waals surface area contributed by atoms with Gasteiger partial charge in [0.1, 0.15) is 16.7 Å². The predicted octanol–water partition coefficient (Wildman–Crippen LogP) is 2.63. The van der Waals surface area contributed by atoms with Crippen LogP contribution in [0.15, 0.2) is 24.3 Å². The van der Waals surface area contributed by atoms with Crippen molar-refractivity contribution in [3.8, 4) is 5.75 Å². The molecule has 0 spiro atoms. The predicted molar refractivity (Wildman–Crippen MR) is 102 cm³/mol. The maximum absolute atomic E-state index is 5.87. The maximum Gasteiger partial charge on any atom is 0.137 e. The molecule has 2 heterocycles. The number of ether oxygens (including phenoxy) is 1. The Hall–Kier alpha value is -0.530. The molecule has 0 unspecified atom stereocenters. The molecule has 2 aliphatic rings. The Kier molecular flexibility index (Phi) is 6.42. The van der Waals surface area contributed by atoms with E-state index in [1.807, 2.05) is 24.3 Å². The smallest absolute Gasteiger partial charge is 0.137 e. The highest BCUT2D eigenvalue weighted by molar-refractivity contribution is 8.23. The molecule has 2 saturated heterocycles. The Balaban J connectivity index is 1.33. The van der Waals surface area contributed by atoms with Crippen molar-refractivity contribution in [1.82, 2.24) is 14.7 Å². The van der Waals surface area contributed by atoms with E-state index in [9.17, 15) is 0 Å². The van der Waals surface area contributed by atoms with Gasteiger partial charge in [0.25, 0.3) is 0 Å². The summed E-state index contributed by atoms with van der Waals surface area (Å²) < 4.78 is 6.83. The number of halogens is 1. The van der Waals surface area contributed by atoms with Crippen molar-refractivity contribution in [2.45, 2.75) is 0 Å². The second-order valence-electron chi connectivity index (χ2n) is 5.78. The van der Waals surface area contributed by atoms with Crippen LogP contribution in [-0.4, -0.2) is 77.3 Å². The highest BCUT2D eigenvalue weighted by Crippen LogP contribution is 2.18. The normalized spacial score (nSPS) is 20.2. The lowest BCUT2D eigenvalue weighted by Gasteiger charge is -2.36. The lowest BCUT2D eigenvalue weighted by atomic mass is 10.3. The average molecular weight is 372 g/mol. The molecule has 126 valence electrons. The number of thioether (sulfide) groups is 1. The number of nitrogens with zero attached hydrogens (tertiary/aromatic N) is 3. The van der Waals surface area contributed by atoms with Crippen LogP contribution in [0.5, 0.6) is 5.75 Å². The van der Waals surface area contributed by atoms with E-state index in [2.05, 4.69) is 14.7 Å². The molecular formula is C16H22ClN3OS2. The second-order valence-corrected chi connectivity index (χ2v) is 7.95. The molecule has 0 aromatic heterocycles. The van der Waals surface area contributed by atoms with Crippen LogP contribution in [0.1, 0.15) is 0 Å². The first kappa shape index (κ1) is 17.3. The molecule has 2 fully saturated rings. The first-order valence-electron chi connectivity index (χ1n) is 7.95. The van der Waals surface area contributed by atoms with Crippen LogP contribution in [0.4, 0.5) is 0 Å². The van der Waals surface area contributed by atoms with Gasteiger partial charge in [0, 0.05) is 50.0 Å². The van der Waals surface area contributed by atoms with E-state index in [0.29, 0.717) is 6.61 Å². The zero-order chi connectivity index (χ0) is 16.1. The van der Waals surface area contributed by atoms with Gasteiger partial charge in [-0.1, -0.05) is 35.6 Å². The third kappa shape index (κ3) is 5.22. The molecular weight excluding hydrogens is 350 g/mol. The van der Waals surface area contributed by atoms with Crippen LogP contribution in [0.3, 0.4) is 0 Å². The van der Waals surface area contributed by atoms with Gasteiger partial charge in [-0.15, -0.1) is 0 Å². The molecule has 0 aliphatic carbocycles. The monoisotopic (exact) mass is 371 g/mol. The number of benzene rings is 1. The van der Waals surface area contributed by atoms with Gasteiger partial charge in [0.05, 0.1) is 6.67 Å². The third-order valence-electron chi connectivity index (χ3n) is 4.17. The highest BCUT2D eigenvalue weighted by atomic mass is 35.5. The van der Waals surface area contributed by atoms with E-state index >= 15 is 0 Å². The summed E-state index contributed by atoms with van der Waals surface area (Å²) in [4.78, 5) is 7.28. The quantitative estimate of drug-likeness (QED) is 0.711. The number of hydrogen-bond acceptors (Lipinski definition) is 5. The lowest BCUT2D eigenvalue weighted by Crippen LogP contribution is -2.50. The summed E-state index contributed by atoms with van der Waals surface area (Å²) in [6.45, 7) is 8.16. The van der Waals surface area contributed by atoms with Crippen molar-refractivity contribution in [2.24, 2.45) is 0 Å². The summed E-state index contributed by atoms with van der Waals surface area (Å²) >= 11 is 13.0. The molecule has 23 heavy (non-hydrogen) atoms. The van der Waals surface area contributed by atoms with Crippen LogP contribution >= 0.6 is 35.6 Å². The molecule has 0 amide bonds. The molecule has 3 rings (SSSR count). The zero-order valence-electron chi connectivity index (χ0n) is 13.1. The summed E-state index contributed by atoms with van der Waals surface area (Å²) in [5.41, 5.74) is 0. The van der Waals surface area contributed by atoms with Crippen molar-refractivity contribution in [3.63, 3.8) is 0 Å². The minimum absolute atomic E-state index is 0.717. The van der Waals surface area contributed by atoms with Crippen molar-refractivity contribution in [1.29, 1.82) is 0 Å². The fourth-order valence-electron chi connectivity index (χ4n) is 2.77. The molecule has 7 heteroatoms. The van der Waals surface area contributed by atoms with Gasteiger partial charge in [0.15, 0.2) is 0 Å². The van der Waals surface area contributed by atoms with Gasteiger partial charge in [-0.05, 0) is 24.3 Å². The first-order valence-corrected chi connectivity index (χ1v) is 9.73. The molecule has 0 bridgehead atoms. The molecule has 0 N–H and O–H groups in total. The molecule has 1 aromatic rings. The van der Waals surface area contributed by atoms with E-state index in [1.165, 1.54) is 0 Å². The Morgan fingerprint density at radius 3 is 2.39 bits per heavy atom. The fourth-order valence-corrected chi connectivity index (χ4v) is 4.12. The zero-order valence-corrected chi connectivity index (χ0v) is 15.5. The Morgan fingerprint density at radius 2 is 1.74 bits per heavy atom. The SMILES string of the molecule is S=C1SCCN1CN1CCN(CCOc2ccc(Cl)cc2)CC1. The summed E-state index contributed by atoms with van der Waals surface area (Å²) in [7, 11) is 0. The van der Waals surface area contributed by atoms with Crippen molar-refractivity contribution < 1.29 is 4.74 Å². The summed E-state index contributed by atoms with van der Waals surface area (Å²) in [5.74, 6) is 2.02.